The van der Waals surface area contributed by atoms with Crippen molar-refractivity contribution in [3.8, 4) is 0 Å². The number of carbonyl (C=O) groups is 1. The number of carbonyl (C=O) groups excluding carboxylic acids is 1. The summed E-state index contributed by atoms with van der Waals surface area (Å²) < 4.78 is 23.6. The van der Waals surface area contributed by atoms with Crippen molar-refractivity contribution in [1.29, 1.82) is 0 Å². The smallest absolute Gasteiger partial charge is 0.192 e. The molecule has 0 amide bonds. The second-order valence-electron chi connectivity index (χ2n) is 13.8. The van der Waals surface area contributed by atoms with Gasteiger partial charge in [0.05, 0.1) is 18.4 Å². The molecule has 8 heteroatoms. The number of aliphatic hydroxyl groups is 2. The predicted molar refractivity (Wildman–Crippen MR) is 143 cm³/mol. The highest BCUT2D eigenvalue weighted by atomic mass is 28.4. The van der Waals surface area contributed by atoms with Gasteiger partial charge in [0, 0.05) is 16.7 Å². The van der Waals surface area contributed by atoms with Gasteiger partial charge in [-0.3, -0.25) is 4.79 Å². The highest BCUT2D eigenvalue weighted by Gasteiger charge is 2.75. The lowest BCUT2D eigenvalue weighted by Gasteiger charge is -2.62. The van der Waals surface area contributed by atoms with E-state index < -0.39 is 42.4 Å². The Balaban J connectivity index is 1.69. The molecule has 4 rings (SSSR count). The monoisotopic (exact) mass is 520 g/mol. The zero-order valence-corrected chi connectivity index (χ0v) is 24.2. The number of halogens is 1. The van der Waals surface area contributed by atoms with E-state index in [2.05, 4.69) is 39.0 Å². The third-order valence-corrected chi connectivity index (χ3v) is 15.7. The van der Waals surface area contributed by atoms with Gasteiger partial charge in [0.1, 0.15) is 5.60 Å². The minimum absolute atomic E-state index is 0.0197. The fraction of sp³-hybridized carbons (Fsp3) is 0.786. The van der Waals surface area contributed by atoms with E-state index in [1.807, 2.05) is 26.8 Å². The topological polar surface area (TPSA) is 105 Å². The number of alkyl halides is 1. The van der Waals surface area contributed by atoms with Crippen LogP contribution in [0.2, 0.25) is 18.1 Å². The Morgan fingerprint density at radius 2 is 1.94 bits per heavy atom. The molecule has 36 heavy (non-hydrogen) atoms. The Kier molecular flexibility index (Phi) is 6.40. The van der Waals surface area contributed by atoms with Gasteiger partial charge < -0.3 is 20.5 Å². The number of hydrogen-bond donors (Lipinski definition) is 3. The van der Waals surface area contributed by atoms with Gasteiger partial charge >= 0.3 is 0 Å². The highest BCUT2D eigenvalue weighted by Crippen LogP contribution is 2.70. The van der Waals surface area contributed by atoms with Crippen LogP contribution >= 0.6 is 0 Å². The molecule has 4 N–H and O–H groups in total. The number of nitrogens with zero attached hydrogens (tertiary/aromatic N) is 1. The quantitative estimate of drug-likeness (QED) is 0.284. The lowest BCUT2D eigenvalue weighted by molar-refractivity contribution is -0.219. The molecule has 0 spiro atoms. The number of fused-ring (bicyclic) bond motifs is 5. The molecule has 1 unspecified atom stereocenters. The van der Waals surface area contributed by atoms with E-state index in [1.165, 1.54) is 0 Å². The van der Waals surface area contributed by atoms with E-state index in [0.717, 1.165) is 5.57 Å². The second-order valence-corrected chi connectivity index (χ2v) is 18.6. The van der Waals surface area contributed by atoms with Crippen molar-refractivity contribution in [3.63, 3.8) is 0 Å². The average Bonchev–Trinajstić information content (AvgIpc) is 2.98. The Morgan fingerprint density at radius 1 is 1.31 bits per heavy atom. The van der Waals surface area contributed by atoms with Crippen LogP contribution in [0.3, 0.4) is 0 Å². The molecule has 0 aromatic rings. The summed E-state index contributed by atoms with van der Waals surface area (Å²) in [4.78, 5) is 13.7. The zero-order valence-electron chi connectivity index (χ0n) is 23.2. The first-order chi connectivity index (χ1) is 16.4. The maximum absolute atomic E-state index is 17.4. The number of hydrazone groups is 1. The van der Waals surface area contributed by atoms with Crippen LogP contribution in [0.4, 0.5) is 4.39 Å². The number of allylic oxidation sites excluding steroid dienone is 4. The predicted octanol–water partition coefficient (Wildman–Crippen LogP) is 4.67. The highest BCUT2D eigenvalue weighted by molar-refractivity contribution is 6.74. The molecule has 3 fully saturated rings. The van der Waals surface area contributed by atoms with Crippen molar-refractivity contribution in [1.82, 2.24) is 0 Å². The number of aliphatic hydroxyl groups excluding tert-OH is 1. The van der Waals surface area contributed by atoms with E-state index in [1.54, 1.807) is 12.2 Å². The van der Waals surface area contributed by atoms with Crippen molar-refractivity contribution >= 4 is 19.8 Å². The van der Waals surface area contributed by atoms with E-state index >= 15 is 4.39 Å². The number of hydrogen-bond acceptors (Lipinski definition) is 6. The van der Waals surface area contributed by atoms with Crippen molar-refractivity contribution in [2.45, 2.75) is 103 Å². The third kappa shape index (κ3) is 3.43. The van der Waals surface area contributed by atoms with Crippen LogP contribution in [0.25, 0.3) is 0 Å². The minimum atomic E-state index is -2.21. The summed E-state index contributed by atoms with van der Waals surface area (Å²) in [6, 6.07) is 0. The summed E-state index contributed by atoms with van der Waals surface area (Å²) in [5.41, 5.74) is -4.05. The standard InChI is InChI=1S/C28H45FN2O4Si/c1-17-13-21-20-10-9-18-14-19(31-30)11-12-25(18,5)27(20,29)22(32)15-26(21,6)28(17,34)23(33)16-35-36(7,8)24(2,3)4/h11-12,14,17,20-22,32,34H,9-10,13,15-16,30H2,1-8H3/b31-19+/t17-,20+,21+,22+,25+,26?,27+,28+/m1/s1. The van der Waals surface area contributed by atoms with Gasteiger partial charge in [0.2, 0.25) is 0 Å². The maximum atomic E-state index is 17.4. The van der Waals surface area contributed by atoms with Gasteiger partial charge in [-0.05, 0) is 74.7 Å². The fourth-order valence-corrected chi connectivity index (χ4v) is 8.73. The van der Waals surface area contributed by atoms with E-state index in [0.29, 0.717) is 25.0 Å². The fourth-order valence-electron chi connectivity index (χ4n) is 7.80. The molecule has 0 aromatic heterocycles. The maximum Gasteiger partial charge on any atom is 0.192 e. The van der Waals surface area contributed by atoms with Crippen molar-refractivity contribution < 1.29 is 23.8 Å². The van der Waals surface area contributed by atoms with Gasteiger partial charge in [-0.2, -0.15) is 5.10 Å². The van der Waals surface area contributed by atoms with Crippen molar-refractivity contribution in [2.75, 3.05) is 6.61 Å². The molecule has 0 heterocycles. The molecule has 202 valence electrons. The summed E-state index contributed by atoms with van der Waals surface area (Å²) in [5, 5.41) is 27.4. The van der Waals surface area contributed by atoms with Crippen LogP contribution in [0.15, 0.2) is 28.9 Å². The molecule has 0 bridgehead atoms. The first kappa shape index (κ1) is 27.7. The third-order valence-electron chi connectivity index (χ3n) is 11.2. The zero-order chi connectivity index (χ0) is 27.1. The largest absolute Gasteiger partial charge is 0.409 e. The Bertz CT molecular complexity index is 1040. The minimum Gasteiger partial charge on any atom is -0.409 e. The van der Waals surface area contributed by atoms with E-state index in [9.17, 15) is 15.0 Å². The Labute approximate surface area is 216 Å². The molecular weight excluding hydrogens is 475 g/mol. The van der Waals surface area contributed by atoms with Gasteiger partial charge in [-0.25, -0.2) is 4.39 Å². The van der Waals surface area contributed by atoms with Crippen molar-refractivity contribution in [2.24, 2.45) is 39.5 Å². The number of ketones is 1. The summed E-state index contributed by atoms with van der Waals surface area (Å²) >= 11 is 0. The van der Waals surface area contributed by atoms with E-state index in [4.69, 9.17) is 10.3 Å². The molecule has 0 radical (unpaired) electrons. The lowest BCUT2D eigenvalue weighted by atomic mass is 9.44. The molecule has 4 aliphatic carbocycles. The first-order valence-corrected chi connectivity index (χ1v) is 16.3. The molecule has 4 aliphatic rings. The van der Waals surface area contributed by atoms with Crippen LogP contribution in [0, 0.1) is 28.6 Å². The molecule has 6 nitrogen and oxygen atoms in total. The second kappa shape index (κ2) is 8.32. The Hall–Kier alpha value is -1.35. The van der Waals surface area contributed by atoms with Crippen LogP contribution in [0.5, 0.6) is 0 Å². The van der Waals surface area contributed by atoms with Gasteiger partial charge in [-0.1, -0.05) is 46.3 Å². The van der Waals surface area contributed by atoms with Crippen LogP contribution < -0.4 is 5.84 Å². The normalized spacial score (nSPS) is 45.6. The SMILES string of the molecule is C[C@@H]1C[C@H]2[C@@H]3CCC4=C/C(=N/N)C=C[C@]4(C)[C@@]3(F)[C@@H](O)CC2(C)[C@@]1(O)C(=O)CO[Si](C)(C)C(C)(C)C. The molecule has 0 aromatic carbocycles. The summed E-state index contributed by atoms with van der Waals surface area (Å²) in [6.45, 7) is 16.0. The Morgan fingerprint density at radius 3 is 2.53 bits per heavy atom. The number of rotatable bonds is 4. The van der Waals surface area contributed by atoms with Crippen LogP contribution in [-0.2, 0) is 9.22 Å². The number of Topliss-reactive ketones (excluding diaryl/α,β-unsaturated/α-hetero) is 1. The summed E-state index contributed by atoms with van der Waals surface area (Å²) in [6.07, 6.45) is 5.79. The van der Waals surface area contributed by atoms with Gasteiger partial charge in [0.25, 0.3) is 0 Å². The summed E-state index contributed by atoms with van der Waals surface area (Å²) in [7, 11) is -2.21. The molecular formula is C28H45FN2O4Si. The van der Waals surface area contributed by atoms with Gasteiger partial charge in [0.15, 0.2) is 19.8 Å². The molecule has 0 saturated heterocycles. The lowest BCUT2D eigenvalue weighted by Crippen LogP contribution is -2.69. The first-order valence-electron chi connectivity index (χ1n) is 13.3. The summed E-state index contributed by atoms with van der Waals surface area (Å²) in [5.74, 6) is 4.05. The van der Waals surface area contributed by atoms with Crippen LogP contribution in [0.1, 0.15) is 67.2 Å². The van der Waals surface area contributed by atoms with E-state index in [-0.39, 0.29) is 35.7 Å². The van der Waals surface area contributed by atoms with Gasteiger partial charge in [-0.15, -0.1) is 0 Å². The molecule has 0 aliphatic heterocycles. The molecule has 8 atom stereocenters. The molecule has 3 saturated carbocycles. The average molecular weight is 521 g/mol. The van der Waals surface area contributed by atoms with Crippen molar-refractivity contribution in [3.05, 3.63) is 23.8 Å². The number of nitrogens with two attached hydrogens (primary N) is 1. The van der Waals surface area contributed by atoms with Crippen LogP contribution in [-0.4, -0.2) is 54.0 Å².